The van der Waals surface area contributed by atoms with Gasteiger partial charge in [-0.05, 0) is 30.8 Å². The molecule has 1 atom stereocenters. The maximum absolute atomic E-state index is 4.43. The molecule has 0 fully saturated rings. The van der Waals surface area contributed by atoms with Crippen molar-refractivity contribution in [3.8, 4) is 0 Å². The zero-order valence-corrected chi connectivity index (χ0v) is 11.3. The molecule has 2 aromatic heterocycles. The van der Waals surface area contributed by atoms with E-state index in [4.69, 9.17) is 0 Å². The molecular formula is C13H19N3S. The van der Waals surface area contributed by atoms with Crippen molar-refractivity contribution in [2.75, 3.05) is 6.54 Å². The average Bonchev–Trinajstić information content (AvgIpc) is 2.83. The highest BCUT2D eigenvalue weighted by molar-refractivity contribution is 7.16. The molecule has 17 heavy (non-hydrogen) atoms. The van der Waals surface area contributed by atoms with Crippen LogP contribution in [0.5, 0.6) is 0 Å². The van der Waals surface area contributed by atoms with E-state index >= 15 is 0 Å². The van der Waals surface area contributed by atoms with E-state index in [1.165, 1.54) is 17.5 Å². The second-order valence-electron chi connectivity index (χ2n) is 4.22. The molecule has 0 spiro atoms. The Morgan fingerprint density at radius 3 is 3.00 bits per heavy atom. The van der Waals surface area contributed by atoms with Gasteiger partial charge in [0.2, 0.25) is 0 Å². The van der Waals surface area contributed by atoms with E-state index < -0.39 is 0 Å². The number of fused-ring (bicyclic) bond motifs is 1. The largest absolute Gasteiger partial charge is 0.314 e. The average molecular weight is 249 g/mol. The molecule has 3 nitrogen and oxygen atoms in total. The third-order valence-corrected chi connectivity index (χ3v) is 3.78. The zero-order chi connectivity index (χ0) is 12.1. The first kappa shape index (κ1) is 12.5. The Morgan fingerprint density at radius 2 is 2.24 bits per heavy atom. The van der Waals surface area contributed by atoms with Crippen molar-refractivity contribution in [2.45, 2.75) is 39.2 Å². The summed E-state index contributed by atoms with van der Waals surface area (Å²) < 4.78 is 0. The summed E-state index contributed by atoms with van der Waals surface area (Å²) in [5.74, 6) is 0. The third-order valence-electron chi connectivity index (χ3n) is 2.96. The van der Waals surface area contributed by atoms with Gasteiger partial charge in [0.15, 0.2) is 0 Å². The number of nitrogens with zero attached hydrogens (tertiary/aromatic N) is 2. The molecule has 0 amide bonds. The predicted octanol–water partition coefficient (Wildman–Crippen LogP) is 3.01. The highest BCUT2D eigenvalue weighted by Gasteiger charge is 2.10. The molecule has 0 bridgehead atoms. The maximum atomic E-state index is 4.43. The molecule has 4 heteroatoms. The summed E-state index contributed by atoms with van der Waals surface area (Å²) >= 11 is 1.68. The summed E-state index contributed by atoms with van der Waals surface area (Å²) in [7, 11) is 0. The Hall–Kier alpha value is -1.00. The minimum Gasteiger partial charge on any atom is -0.314 e. The monoisotopic (exact) mass is 249 g/mol. The van der Waals surface area contributed by atoms with E-state index in [0.717, 1.165) is 24.2 Å². The summed E-state index contributed by atoms with van der Waals surface area (Å²) in [5, 5.41) is 6.87. The molecular weight excluding hydrogens is 230 g/mol. The van der Waals surface area contributed by atoms with E-state index in [1.54, 1.807) is 17.7 Å². The predicted molar refractivity (Wildman–Crippen MR) is 73.5 cm³/mol. The van der Waals surface area contributed by atoms with Gasteiger partial charge in [-0.25, -0.2) is 9.97 Å². The van der Waals surface area contributed by atoms with Gasteiger partial charge in [0, 0.05) is 17.8 Å². The van der Waals surface area contributed by atoms with Crippen LogP contribution in [0.1, 0.15) is 32.4 Å². The van der Waals surface area contributed by atoms with Crippen LogP contribution in [0.15, 0.2) is 17.8 Å². The van der Waals surface area contributed by atoms with E-state index in [1.807, 2.05) is 0 Å². The lowest BCUT2D eigenvalue weighted by molar-refractivity contribution is 0.492. The van der Waals surface area contributed by atoms with Crippen LogP contribution in [0.25, 0.3) is 10.2 Å². The van der Waals surface area contributed by atoms with Gasteiger partial charge in [-0.2, -0.15) is 0 Å². The Labute approximate surface area is 106 Å². The number of hydrogen-bond donors (Lipinski definition) is 1. The van der Waals surface area contributed by atoms with Gasteiger partial charge >= 0.3 is 0 Å². The smallest absolute Gasteiger partial charge is 0.126 e. The fourth-order valence-electron chi connectivity index (χ4n) is 1.95. The molecule has 0 radical (unpaired) electrons. The number of aromatic nitrogens is 2. The number of thiophene rings is 1. The van der Waals surface area contributed by atoms with Gasteiger partial charge in [-0.3, -0.25) is 0 Å². The Bertz CT molecular complexity index is 466. The molecule has 2 heterocycles. The lowest BCUT2D eigenvalue weighted by atomic mass is 10.1. The lowest BCUT2D eigenvalue weighted by Crippen LogP contribution is -2.31. The van der Waals surface area contributed by atoms with Crippen LogP contribution in [0.2, 0.25) is 0 Å². The molecule has 0 saturated heterocycles. The van der Waals surface area contributed by atoms with Crippen molar-refractivity contribution >= 4 is 21.6 Å². The lowest BCUT2D eigenvalue weighted by Gasteiger charge is -2.16. The summed E-state index contributed by atoms with van der Waals surface area (Å²) in [6.07, 6.45) is 4.98. The SMILES string of the molecule is CCCNC(CC)Cc1ncnc2sccc12. The highest BCUT2D eigenvalue weighted by atomic mass is 32.1. The number of nitrogens with one attached hydrogen (secondary N) is 1. The minimum absolute atomic E-state index is 0.521. The van der Waals surface area contributed by atoms with Gasteiger partial charge in [0.05, 0.1) is 5.69 Å². The van der Waals surface area contributed by atoms with Gasteiger partial charge in [-0.1, -0.05) is 13.8 Å². The van der Waals surface area contributed by atoms with Crippen molar-refractivity contribution in [3.63, 3.8) is 0 Å². The number of hydrogen-bond acceptors (Lipinski definition) is 4. The first-order valence-electron chi connectivity index (χ1n) is 6.25. The van der Waals surface area contributed by atoms with Crippen molar-refractivity contribution in [2.24, 2.45) is 0 Å². The van der Waals surface area contributed by atoms with Crippen LogP contribution >= 0.6 is 11.3 Å². The van der Waals surface area contributed by atoms with Gasteiger partial charge in [0.1, 0.15) is 11.2 Å². The van der Waals surface area contributed by atoms with Crippen LogP contribution in [-0.4, -0.2) is 22.6 Å². The number of rotatable bonds is 6. The standard InChI is InChI=1S/C13H19N3S/c1-3-6-14-10(4-2)8-12-11-5-7-17-13(11)16-9-15-12/h5,7,9-10,14H,3-4,6,8H2,1-2H3. The van der Waals surface area contributed by atoms with E-state index in [-0.39, 0.29) is 0 Å². The topological polar surface area (TPSA) is 37.8 Å². The van der Waals surface area contributed by atoms with E-state index in [9.17, 15) is 0 Å². The van der Waals surface area contributed by atoms with E-state index in [0.29, 0.717) is 6.04 Å². The molecule has 2 rings (SSSR count). The summed E-state index contributed by atoms with van der Waals surface area (Å²) in [6.45, 7) is 5.50. The van der Waals surface area contributed by atoms with Crippen LogP contribution in [0, 0.1) is 0 Å². The maximum Gasteiger partial charge on any atom is 0.126 e. The van der Waals surface area contributed by atoms with Crippen molar-refractivity contribution in [3.05, 3.63) is 23.5 Å². The fraction of sp³-hybridized carbons (Fsp3) is 0.538. The molecule has 2 aromatic rings. The summed E-state index contributed by atoms with van der Waals surface area (Å²) in [5.41, 5.74) is 1.17. The van der Waals surface area contributed by atoms with Crippen molar-refractivity contribution in [1.29, 1.82) is 0 Å². The summed E-state index contributed by atoms with van der Waals surface area (Å²) in [4.78, 5) is 9.81. The van der Waals surface area contributed by atoms with Gasteiger partial charge in [-0.15, -0.1) is 11.3 Å². The molecule has 0 saturated carbocycles. The van der Waals surface area contributed by atoms with Gasteiger partial charge < -0.3 is 5.32 Å². The molecule has 92 valence electrons. The van der Waals surface area contributed by atoms with Crippen LogP contribution in [-0.2, 0) is 6.42 Å². The molecule has 0 aromatic carbocycles. The second kappa shape index (κ2) is 6.07. The van der Waals surface area contributed by atoms with Crippen molar-refractivity contribution in [1.82, 2.24) is 15.3 Å². The molecule has 0 aliphatic carbocycles. The van der Waals surface area contributed by atoms with Crippen LogP contribution in [0.3, 0.4) is 0 Å². The molecule has 0 aliphatic rings. The molecule has 1 N–H and O–H groups in total. The fourth-order valence-corrected chi connectivity index (χ4v) is 2.70. The molecule has 0 aliphatic heterocycles. The van der Waals surface area contributed by atoms with Gasteiger partial charge in [0.25, 0.3) is 0 Å². The van der Waals surface area contributed by atoms with E-state index in [2.05, 4.69) is 40.6 Å². The first-order valence-corrected chi connectivity index (χ1v) is 7.13. The van der Waals surface area contributed by atoms with Crippen molar-refractivity contribution < 1.29 is 0 Å². The summed E-state index contributed by atoms with van der Waals surface area (Å²) in [6, 6.07) is 2.65. The Kier molecular flexibility index (Phi) is 4.45. The van der Waals surface area contributed by atoms with Crippen LogP contribution in [0.4, 0.5) is 0 Å². The zero-order valence-electron chi connectivity index (χ0n) is 10.4. The Morgan fingerprint density at radius 1 is 1.35 bits per heavy atom. The minimum atomic E-state index is 0.521. The van der Waals surface area contributed by atoms with Crippen LogP contribution < -0.4 is 5.32 Å². The molecule has 1 unspecified atom stereocenters. The normalized spacial score (nSPS) is 13.1. The quantitative estimate of drug-likeness (QED) is 0.855. The Balaban J connectivity index is 2.13. The third kappa shape index (κ3) is 3.01. The first-order chi connectivity index (χ1) is 8.35. The highest BCUT2D eigenvalue weighted by Crippen LogP contribution is 2.21. The second-order valence-corrected chi connectivity index (χ2v) is 5.12.